The number of anilines is 1. The molecule has 3 fully saturated rings. The first kappa shape index (κ1) is 26.3. The van der Waals surface area contributed by atoms with Crippen LogP contribution >= 0.6 is 34.7 Å². The zero-order valence-electron chi connectivity index (χ0n) is 22.7. The Morgan fingerprint density at radius 1 is 0.905 bits per heavy atom. The Kier molecular flexibility index (Phi) is 6.18. The number of nitrogens with zero attached hydrogens (tertiary/aromatic N) is 1. The summed E-state index contributed by atoms with van der Waals surface area (Å²) < 4.78 is 6.07. The number of aryl methyl sites for hydroxylation is 1. The number of aromatic amines is 1. The van der Waals surface area contributed by atoms with Gasteiger partial charge in [-0.15, -0.1) is 11.8 Å². The number of hydrogen-bond acceptors (Lipinski definition) is 6. The molecular weight excluding hydrogens is 588 g/mol. The average molecular weight is 615 g/mol. The lowest BCUT2D eigenvalue weighted by molar-refractivity contribution is -0.123. The Labute approximate surface area is 256 Å². The van der Waals surface area contributed by atoms with Crippen LogP contribution in [0.2, 0.25) is 5.02 Å². The highest BCUT2D eigenvalue weighted by Gasteiger charge is 2.69. The van der Waals surface area contributed by atoms with E-state index in [1.807, 2.05) is 12.1 Å². The molecule has 9 heteroatoms. The third-order valence-corrected chi connectivity index (χ3v) is 12.4. The minimum Gasteiger partial charge on any atom is -0.489 e. The number of H-pyrrole nitrogens is 1. The number of nitrogens with one attached hydrogen (secondary N) is 1. The first-order chi connectivity index (χ1) is 20.4. The molecule has 7 atom stereocenters. The van der Waals surface area contributed by atoms with E-state index < -0.39 is 0 Å². The number of carbonyl (C=O) groups is 2. The first-order valence-corrected chi connectivity index (χ1v) is 16.3. The number of halogens is 1. The normalized spacial score (nSPS) is 29.0. The molecule has 1 N–H and O–H groups in total. The Balaban J connectivity index is 1.11. The van der Waals surface area contributed by atoms with Gasteiger partial charge in [-0.2, -0.15) is 0 Å². The van der Waals surface area contributed by atoms with Crippen LogP contribution in [0, 0.1) is 36.5 Å². The molecule has 4 aliphatic rings. The first-order valence-electron chi connectivity index (χ1n) is 14.2. The number of amides is 2. The third kappa shape index (κ3) is 4.02. The molecule has 212 valence electrons. The predicted octanol–water partition coefficient (Wildman–Crippen LogP) is 6.66. The van der Waals surface area contributed by atoms with Crippen molar-refractivity contribution in [2.45, 2.75) is 36.1 Å². The number of ether oxygens (including phenoxy) is 1. The highest BCUT2D eigenvalue weighted by molar-refractivity contribution is 8.00. The zero-order valence-corrected chi connectivity index (χ0v) is 25.0. The molecule has 2 amide bonds. The molecule has 2 aliphatic heterocycles. The van der Waals surface area contributed by atoms with Gasteiger partial charge in [0.1, 0.15) is 12.4 Å². The molecule has 1 aromatic heterocycles. The highest BCUT2D eigenvalue weighted by Crippen LogP contribution is 2.68. The summed E-state index contributed by atoms with van der Waals surface area (Å²) in [6.45, 7) is 2.55. The standard InChI is InChI=1S/C33H27ClN2O4S2/c1-16-2-4-17(5-3-16)15-40-21-12-6-18(7-13-21)24-25-22-14-23(28(25)41-30-29(24)42-33(39)35-30)27-26(22)31(37)36(32(27)38)20-10-8-19(34)9-11-20/h2-13,22-28H,14-15H2,1H3,(H,35,39)/t22?,23?,24-,25?,26?,27?,28?/m1/s1. The number of carbonyl (C=O) groups excluding carboxylic acids is 2. The van der Waals surface area contributed by atoms with Gasteiger partial charge in [0.2, 0.25) is 11.8 Å². The molecule has 6 unspecified atom stereocenters. The van der Waals surface area contributed by atoms with Gasteiger partial charge in [-0.1, -0.05) is 64.9 Å². The van der Waals surface area contributed by atoms with Crippen LogP contribution in [0.5, 0.6) is 5.75 Å². The van der Waals surface area contributed by atoms with Crippen molar-refractivity contribution in [3.05, 3.63) is 109 Å². The molecule has 8 rings (SSSR count). The van der Waals surface area contributed by atoms with E-state index in [-0.39, 0.29) is 57.4 Å². The molecule has 0 radical (unpaired) electrons. The van der Waals surface area contributed by atoms with Crippen LogP contribution in [0.4, 0.5) is 5.69 Å². The van der Waals surface area contributed by atoms with E-state index in [4.69, 9.17) is 16.3 Å². The van der Waals surface area contributed by atoms with Crippen molar-refractivity contribution < 1.29 is 14.3 Å². The van der Waals surface area contributed by atoms with Gasteiger partial charge in [0.25, 0.3) is 0 Å². The average Bonchev–Trinajstić information content (AvgIpc) is 3.72. The second-order valence-electron chi connectivity index (χ2n) is 11.8. The Morgan fingerprint density at radius 3 is 2.31 bits per heavy atom. The number of thioether (sulfide) groups is 1. The van der Waals surface area contributed by atoms with Crippen LogP contribution in [0.1, 0.15) is 33.9 Å². The van der Waals surface area contributed by atoms with Gasteiger partial charge >= 0.3 is 4.87 Å². The minimum atomic E-state index is -0.336. The van der Waals surface area contributed by atoms with Gasteiger partial charge in [0.05, 0.1) is 22.5 Å². The number of aromatic nitrogens is 1. The number of rotatable bonds is 5. The van der Waals surface area contributed by atoms with Crippen molar-refractivity contribution in [1.29, 1.82) is 0 Å². The van der Waals surface area contributed by atoms with Gasteiger partial charge < -0.3 is 9.72 Å². The number of fused-ring (bicyclic) bond motifs is 9. The van der Waals surface area contributed by atoms with Crippen molar-refractivity contribution in [2.75, 3.05) is 4.90 Å². The molecule has 3 heterocycles. The summed E-state index contributed by atoms with van der Waals surface area (Å²) in [5.74, 6) is 0.205. The van der Waals surface area contributed by atoms with Crippen molar-refractivity contribution in [3.8, 4) is 5.75 Å². The number of hydrogen-bond donors (Lipinski definition) is 1. The lowest BCUT2D eigenvalue weighted by atomic mass is 9.68. The quantitative estimate of drug-likeness (QED) is 0.255. The van der Waals surface area contributed by atoms with Gasteiger partial charge in [-0.05, 0) is 78.6 Å². The maximum absolute atomic E-state index is 13.9. The molecule has 2 aliphatic carbocycles. The molecule has 1 saturated heterocycles. The van der Waals surface area contributed by atoms with E-state index >= 15 is 0 Å². The summed E-state index contributed by atoms with van der Waals surface area (Å²) in [4.78, 5) is 45.6. The van der Waals surface area contributed by atoms with Gasteiger partial charge in [-0.25, -0.2) is 0 Å². The maximum atomic E-state index is 13.9. The molecule has 2 saturated carbocycles. The van der Waals surface area contributed by atoms with Crippen molar-refractivity contribution >= 4 is 52.2 Å². The van der Waals surface area contributed by atoms with E-state index in [1.54, 1.807) is 36.0 Å². The van der Waals surface area contributed by atoms with Crippen molar-refractivity contribution in [3.63, 3.8) is 0 Å². The van der Waals surface area contributed by atoms with Crippen LogP contribution in [0.25, 0.3) is 0 Å². The van der Waals surface area contributed by atoms with E-state index in [1.165, 1.54) is 21.8 Å². The third-order valence-electron chi connectivity index (χ3n) is 9.57. The Morgan fingerprint density at radius 2 is 1.60 bits per heavy atom. The largest absolute Gasteiger partial charge is 0.489 e. The predicted molar refractivity (Wildman–Crippen MR) is 164 cm³/mol. The topological polar surface area (TPSA) is 79.5 Å². The van der Waals surface area contributed by atoms with Gasteiger partial charge in [0.15, 0.2) is 0 Å². The van der Waals surface area contributed by atoms with E-state index in [9.17, 15) is 14.4 Å². The van der Waals surface area contributed by atoms with Crippen LogP contribution in [-0.4, -0.2) is 22.0 Å². The van der Waals surface area contributed by atoms with Crippen LogP contribution in [0.15, 0.2) is 82.6 Å². The number of benzene rings is 3. The molecule has 42 heavy (non-hydrogen) atoms. The van der Waals surface area contributed by atoms with Gasteiger partial charge in [-0.3, -0.25) is 19.3 Å². The summed E-state index contributed by atoms with van der Waals surface area (Å²) in [7, 11) is 0. The second kappa shape index (κ2) is 9.86. The van der Waals surface area contributed by atoms with Crippen LogP contribution in [-0.2, 0) is 16.2 Å². The van der Waals surface area contributed by atoms with E-state index in [0.29, 0.717) is 17.3 Å². The maximum Gasteiger partial charge on any atom is 0.305 e. The molecule has 4 aromatic rings. The monoisotopic (exact) mass is 614 g/mol. The zero-order chi connectivity index (χ0) is 28.7. The summed E-state index contributed by atoms with van der Waals surface area (Å²) >= 11 is 9.05. The van der Waals surface area contributed by atoms with Gasteiger partial charge in [0, 0.05) is 21.1 Å². The van der Waals surface area contributed by atoms with Crippen LogP contribution in [0.3, 0.4) is 0 Å². The highest BCUT2D eigenvalue weighted by atomic mass is 35.5. The fourth-order valence-electron chi connectivity index (χ4n) is 7.86. The molecule has 0 spiro atoms. The summed E-state index contributed by atoms with van der Waals surface area (Å²) in [5, 5.41) is 1.62. The molecule has 6 nitrogen and oxygen atoms in total. The fourth-order valence-corrected chi connectivity index (χ4v) is 10.9. The van der Waals surface area contributed by atoms with Crippen molar-refractivity contribution in [1.82, 2.24) is 4.98 Å². The Hall–Kier alpha value is -3.33. The lowest BCUT2D eigenvalue weighted by Crippen LogP contribution is -2.42. The molecular formula is C33H27ClN2O4S2. The van der Waals surface area contributed by atoms with Crippen molar-refractivity contribution in [2.24, 2.45) is 29.6 Å². The number of imide groups is 1. The van der Waals surface area contributed by atoms with Crippen LogP contribution < -0.4 is 14.5 Å². The smallest absolute Gasteiger partial charge is 0.305 e. The fraction of sp³-hybridized carbons (Fsp3) is 0.303. The Bertz CT molecular complexity index is 1770. The summed E-state index contributed by atoms with van der Waals surface area (Å²) in [6, 6.07) is 23.4. The molecule has 3 aromatic carbocycles. The summed E-state index contributed by atoms with van der Waals surface area (Å²) in [6.07, 6.45) is 0.858. The number of thiazole rings is 1. The SMILES string of the molecule is Cc1ccc(COc2ccc([C@H]3c4sc(=O)[nH]c4SC4C5CC(C6C(=O)N(c7ccc(Cl)cc7)C(=O)C56)C43)cc2)cc1. The molecule has 2 bridgehead atoms. The minimum absolute atomic E-state index is 0.0233. The summed E-state index contributed by atoms with van der Waals surface area (Å²) in [5.41, 5.74) is 4.02. The second-order valence-corrected chi connectivity index (χ2v) is 14.4. The lowest BCUT2D eigenvalue weighted by Gasteiger charge is -2.43. The van der Waals surface area contributed by atoms with E-state index in [2.05, 4.69) is 48.3 Å². The van der Waals surface area contributed by atoms with E-state index in [0.717, 1.165) is 33.2 Å².